The summed E-state index contributed by atoms with van der Waals surface area (Å²) in [5.41, 5.74) is 8.25. The molecule has 1 aromatic rings. The van der Waals surface area contributed by atoms with Crippen LogP contribution in [0, 0.1) is 0 Å². The molecule has 0 spiro atoms. The molecule has 0 bridgehead atoms. The van der Waals surface area contributed by atoms with Gasteiger partial charge in [-0.3, -0.25) is 0 Å². The third kappa shape index (κ3) is 3.35. The average molecular weight is 189 g/mol. The lowest BCUT2D eigenvalue weighted by Crippen LogP contribution is -2.09. The standard InChI is InChI=1S/C13H19N/c1-10(2)13-6-4-5-12(9-13)8-7-11(3)14/h4-11H,14H2,1-3H3/b8-7+. The van der Waals surface area contributed by atoms with Gasteiger partial charge in [0.1, 0.15) is 0 Å². The highest BCUT2D eigenvalue weighted by Crippen LogP contribution is 2.16. The van der Waals surface area contributed by atoms with Crippen molar-refractivity contribution in [1.29, 1.82) is 0 Å². The minimum Gasteiger partial charge on any atom is -0.325 e. The van der Waals surface area contributed by atoms with Crippen molar-refractivity contribution in [3.05, 3.63) is 41.5 Å². The summed E-state index contributed by atoms with van der Waals surface area (Å²) in [7, 11) is 0. The Kier molecular flexibility index (Phi) is 3.90. The summed E-state index contributed by atoms with van der Waals surface area (Å²) < 4.78 is 0. The zero-order valence-electron chi connectivity index (χ0n) is 9.20. The second kappa shape index (κ2) is 4.97. The van der Waals surface area contributed by atoms with Crippen LogP contribution in [-0.4, -0.2) is 6.04 Å². The molecular weight excluding hydrogens is 170 g/mol. The summed E-state index contributed by atoms with van der Waals surface area (Å²) in [5.74, 6) is 0.582. The van der Waals surface area contributed by atoms with Crippen LogP contribution < -0.4 is 5.73 Å². The van der Waals surface area contributed by atoms with E-state index in [1.54, 1.807) is 0 Å². The first-order valence-corrected chi connectivity index (χ1v) is 5.13. The molecular formula is C13H19N. The van der Waals surface area contributed by atoms with E-state index in [0.717, 1.165) is 0 Å². The van der Waals surface area contributed by atoms with Crippen molar-refractivity contribution in [2.75, 3.05) is 0 Å². The Labute approximate surface area is 86.6 Å². The van der Waals surface area contributed by atoms with Crippen molar-refractivity contribution in [3.8, 4) is 0 Å². The predicted octanol–water partition coefficient (Wildman–Crippen LogP) is 3.17. The third-order valence-corrected chi connectivity index (χ3v) is 2.17. The molecule has 14 heavy (non-hydrogen) atoms. The molecule has 0 aliphatic rings. The predicted molar refractivity (Wildman–Crippen MR) is 63.2 cm³/mol. The third-order valence-electron chi connectivity index (χ3n) is 2.17. The van der Waals surface area contributed by atoms with Gasteiger partial charge in [0.25, 0.3) is 0 Å². The molecule has 76 valence electrons. The van der Waals surface area contributed by atoms with E-state index >= 15 is 0 Å². The Bertz CT molecular complexity index is 311. The number of hydrogen-bond donors (Lipinski definition) is 1. The molecule has 0 aliphatic heterocycles. The van der Waals surface area contributed by atoms with Gasteiger partial charge in [0.2, 0.25) is 0 Å². The molecule has 1 unspecified atom stereocenters. The van der Waals surface area contributed by atoms with Gasteiger partial charge in [-0.05, 0) is 24.0 Å². The largest absolute Gasteiger partial charge is 0.325 e. The Morgan fingerprint density at radius 3 is 2.50 bits per heavy atom. The fraction of sp³-hybridized carbons (Fsp3) is 0.385. The lowest BCUT2D eigenvalue weighted by atomic mass is 10.0. The van der Waals surface area contributed by atoms with Crippen LogP contribution in [0.2, 0.25) is 0 Å². The van der Waals surface area contributed by atoms with E-state index in [2.05, 4.69) is 44.2 Å². The summed E-state index contributed by atoms with van der Waals surface area (Å²) in [4.78, 5) is 0. The van der Waals surface area contributed by atoms with Gasteiger partial charge in [0.15, 0.2) is 0 Å². The molecule has 1 atom stereocenters. The lowest BCUT2D eigenvalue weighted by Gasteiger charge is -2.05. The normalized spacial score (nSPS) is 13.8. The molecule has 0 radical (unpaired) electrons. The maximum absolute atomic E-state index is 5.65. The van der Waals surface area contributed by atoms with Gasteiger partial charge in [-0.1, -0.05) is 50.3 Å². The molecule has 0 saturated heterocycles. The van der Waals surface area contributed by atoms with Crippen molar-refractivity contribution in [2.45, 2.75) is 32.7 Å². The summed E-state index contributed by atoms with van der Waals surface area (Å²) >= 11 is 0. The molecule has 0 aromatic heterocycles. The molecule has 1 aromatic carbocycles. The molecule has 0 fully saturated rings. The molecule has 2 N–H and O–H groups in total. The quantitative estimate of drug-likeness (QED) is 0.776. The first kappa shape index (κ1) is 11.0. The maximum atomic E-state index is 5.65. The SMILES string of the molecule is CC(N)/C=C/c1cccc(C(C)C)c1. The van der Waals surface area contributed by atoms with Crippen LogP contribution >= 0.6 is 0 Å². The molecule has 0 saturated carbocycles. The number of hydrogen-bond acceptors (Lipinski definition) is 1. The summed E-state index contributed by atoms with van der Waals surface area (Å²) in [6, 6.07) is 8.69. The second-order valence-corrected chi connectivity index (χ2v) is 4.04. The highest BCUT2D eigenvalue weighted by atomic mass is 14.6. The van der Waals surface area contributed by atoms with E-state index in [4.69, 9.17) is 5.73 Å². The van der Waals surface area contributed by atoms with Gasteiger partial charge in [-0.2, -0.15) is 0 Å². The van der Waals surface area contributed by atoms with Gasteiger partial charge in [-0.25, -0.2) is 0 Å². The highest BCUT2D eigenvalue weighted by molar-refractivity contribution is 5.51. The highest BCUT2D eigenvalue weighted by Gasteiger charge is 1.98. The Balaban J connectivity index is 2.83. The van der Waals surface area contributed by atoms with Crippen molar-refractivity contribution in [2.24, 2.45) is 5.73 Å². The van der Waals surface area contributed by atoms with Crippen LogP contribution in [0.5, 0.6) is 0 Å². The Hall–Kier alpha value is -1.08. The summed E-state index contributed by atoms with van der Waals surface area (Å²) in [6.45, 7) is 6.38. The fourth-order valence-corrected chi connectivity index (χ4v) is 1.28. The smallest absolute Gasteiger partial charge is 0.0198 e. The molecule has 0 aliphatic carbocycles. The van der Waals surface area contributed by atoms with Crippen LogP contribution in [0.1, 0.15) is 37.8 Å². The first-order chi connectivity index (χ1) is 6.59. The van der Waals surface area contributed by atoms with Gasteiger partial charge in [0.05, 0.1) is 0 Å². The van der Waals surface area contributed by atoms with Crippen LogP contribution in [0.4, 0.5) is 0 Å². The van der Waals surface area contributed by atoms with E-state index in [1.165, 1.54) is 11.1 Å². The molecule has 1 rings (SSSR count). The molecule has 1 heteroatoms. The first-order valence-electron chi connectivity index (χ1n) is 5.13. The van der Waals surface area contributed by atoms with Gasteiger partial charge < -0.3 is 5.73 Å². The number of benzene rings is 1. The molecule has 0 amide bonds. The molecule has 1 nitrogen and oxygen atoms in total. The fourth-order valence-electron chi connectivity index (χ4n) is 1.28. The summed E-state index contributed by atoms with van der Waals surface area (Å²) in [5, 5.41) is 0. The maximum Gasteiger partial charge on any atom is 0.0198 e. The minimum atomic E-state index is 0.123. The zero-order chi connectivity index (χ0) is 10.6. The summed E-state index contributed by atoms with van der Waals surface area (Å²) in [6.07, 6.45) is 4.09. The Morgan fingerprint density at radius 2 is 1.93 bits per heavy atom. The second-order valence-electron chi connectivity index (χ2n) is 4.04. The Morgan fingerprint density at radius 1 is 1.21 bits per heavy atom. The van der Waals surface area contributed by atoms with Crippen LogP contribution in [0.15, 0.2) is 30.3 Å². The number of nitrogens with two attached hydrogens (primary N) is 1. The van der Waals surface area contributed by atoms with Gasteiger partial charge >= 0.3 is 0 Å². The minimum absolute atomic E-state index is 0.123. The van der Waals surface area contributed by atoms with E-state index in [0.29, 0.717) is 5.92 Å². The van der Waals surface area contributed by atoms with E-state index < -0.39 is 0 Å². The van der Waals surface area contributed by atoms with Crippen LogP contribution in [-0.2, 0) is 0 Å². The van der Waals surface area contributed by atoms with Crippen molar-refractivity contribution in [1.82, 2.24) is 0 Å². The zero-order valence-corrected chi connectivity index (χ0v) is 9.20. The van der Waals surface area contributed by atoms with Gasteiger partial charge in [-0.15, -0.1) is 0 Å². The van der Waals surface area contributed by atoms with Crippen molar-refractivity contribution in [3.63, 3.8) is 0 Å². The monoisotopic (exact) mass is 189 g/mol. The van der Waals surface area contributed by atoms with E-state index in [-0.39, 0.29) is 6.04 Å². The van der Waals surface area contributed by atoms with E-state index in [9.17, 15) is 0 Å². The van der Waals surface area contributed by atoms with E-state index in [1.807, 2.05) is 13.0 Å². The van der Waals surface area contributed by atoms with Crippen molar-refractivity contribution >= 4 is 6.08 Å². The van der Waals surface area contributed by atoms with Gasteiger partial charge in [0, 0.05) is 6.04 Å². The van der Waals surface area contributed by atoms with Crippen LogP contribution in [0.3, 0.4) is 0 Å². The lowest BCUT2D eigenvalue weighted by molar-refractivity contribution is 0.866. The van der Waals surface area contributed by atoms with Crippen molar-refractivity contribution < 1.29 is 0 Å². The topological polar surface area (TPSA) is 26.0 Å². The van der Waals surface area contributed by atoms with Crippen LogP contribution in [0.25, 0.3) is 6.08 Å². The average Bonchev–Trinajstić information content (AvgIpc) is 2.15. The molecule has 0 heterocycles. The number of rotatable bonds is 3.